The minimum atomic E-state index is -1.11. The standard InChI is InChI=1S/C13H12O2S/c1-8-3-4-10(9(2)7-8)11-5-6-12(16-11)13(14)15/h3-7H,1-2H3,(H,14,15)/p-1. The minimum absolute atomic E-state index is 0.273. The van der Waals surface area contributed by atoms with Gasteiger partial charge in [-0.05, 0) is 37.1 Å². The molecule has 0 amide bonds. The van der Waals surface area contributed by atoms with Crippen molar-refractivity contribution in [3.8, 4) is 10.4 Å². The first-order valence-electron chi connectivity index (χ1n) is 4.97. The van der Waals surface area contributed by atoms with Gasteiger partial charge in [-0.1, -0.05) is 23.8 Å². The number of benzene rings is 1. The fraction of sp³-hybridized carbons (Fsp3) is 0.154. The summed E-state index contributed by atoms with van der Waals surface area (Å²) in [7, 11) is 0. The molecule has 1 aromatic heterocycles. The van der Waals surface area contributed by atoms with E-state index in [-0.39, 0.29) is 4.88 Å². The molecule has 2 rings (SSSR count). The molecule has 0 bridgehead atoms. The Labute approximate surface area is 98.2 Å². The lowest BCUT2D eigenvalue weighted by atomic mass is 10.0. The molecule has 0 aliphatic carbocycles. The molecule has 1 aromatic carbocycles. The lowest BCUT2D eigenvalue weighted by molar-refractivity contribution is -0.254. The zero-order chi connectivity index (χ0) is 11.7. The molecule has 0 saturated carbocycles. The molecular formula is C13H11O2S-. The molecule has 0 saturated heterocycles. The van der Waals surface area contributed by atoms with Crippen molar-refractivity contribution in [3.05, 3.63) is 46.3 Å². The van der Waals surface area contributed by atoms with Crippen LogP contribution in [0.25, 0.3) is 10.4 Å². The van der Waals surface area contributed by atoms with E-state index in [4.69, 9.17) is 0 Å². The topological polar surface area (TPSA) is 40.1 Å². The van der Waals surface area contributed by atoms with Crippen LogP contribution in [0.5, 0.6) is 0 Å². The average Bonchev–Trinajstić information content (AvgIpc) is 2.66. The molecule has 2 aromatic rings. The van der Waals surface area contributed by atoms with Crippen LogP contribution in [0.2, 0.25) is 0 Å². The molecule has 0 spiro atoms. The van der Waals surface area contributed by atoms with Crippen LogP contribution in [-0.2, 0) is 0 Å². The van der Waals surface area contributed by atoms with Crippen LogP contribution in [0.3, 0.4) is 0 Å². The number of rotatable bonds is 2. The van der Waals surface area contributed by atoms with Crippen LogP contribution < -0.4 is 5.11 Å². The van der Waals surface area contributed by atoms with Crippen molar-refractivity contribution < 1.29 is 9.90 Å². The second-order valence-corrected chi connectivity index (χ2v) is 4.85. The summed E-state index contributed by atoms with van der Waals surface area (Å²) < 4.78 is 0. The molecule has 3 heteroatoms. The number of aromatic carboxylic acids is 1. The van der Waals surface area contributed by atoms with E-state index in [1.807, 2.05) is 32.0 Å². The first kappa shape index (κ1) is 10.9. The van der Waals surface area contributed by atoms with E-state index in [1.54, 1.807) is 6.07 Å². The van der Waals surface area contributed by atoms with Gasteiger partial charge >= 0.3 is 0 Å². The Morgan fingerprint density at radius 3 is 2.50 bits per heavy atom. The molecule has 2 nitrogen and oxygen atoms in total. The molecule has 0 unspecified atom stereocenters. The number of carboxylic acid groups (broad SMARTS) is 1. The van der Waals surface area contributed by atoms with Crippen LogP contribution >= 0.6 is 11.3 Å². The lowest BCUT2D eigenvalue weighted by Gasteiger charge is -2.04. The number of carbonyl (C=O) groups excluding carboxylic acids is 1. The van der Waals surface area contributed by atoms with Crippen LogP contribution in [0.1, 0.15) is 20.8 Å². The number of carboxylic acids is 1. The van der Waals surface area contributed by atoms with Gasteiger partial charge in [0.25, 0.3) is 0 Å². The fourth-order valence-electron chi connectivity index (χ4n) is 1.68. The first-order chi connectivity index (χ1) is 7.58. The zero-order valence-corrected chi connectivity index (χ0v) is 9.93. The van der Waals surface area contributed by atoms with Crippen LogP contribution in [-0.4, -0.2) is 5.97 Å². The Hall–Kier alpha value is -1.61. The number of hydrogen-bond donors (Lipinski definition) is 0. The summed E-state index contributed by atoms with van der Waals surface area (Å²) in [5.41, 5.74) is 3.45. The predicted molar refractivity (Wildman–Crippen MR) is 63.6 cm³/mol. The summed E-state index contributed by atoms with van der Waals surface area (Å²) in [5, 5.41) is 10.7. The van der Waals surface area contributed by atoms with Gasteiger partial charge in [0.05, 0.1) is 10.8 Å². The summed E-state index contributed by atoms with van der Waals surface area (Å²) in [6.07, 6.45) is 0. The molecule has 0 radical (unpaired) electrons. The molecule has 0 atom stereocenters. The number of carbonyl (C=O) groups is 1. The first-order valence-corrected chi connectivity index (χ1v) is 5.78. The van der Waals surface area contributed by atoms with E-state index in [1.165, 1.54) is 16.9 Å². The predicted octanol–water partition coefficient (Wildman–Crippen LogP) is 2.40. The van der Waals surface area contributed by atoms with Gasteiger partial charge in [-0.2, -0.15) is 0 Å². The molecule has 0 N–H and O–H groups in total. The molecule has 0 fully saturated rings. The fourth-order valence-corrected chi connectivity index (χ4v) is 2.61. The van der Waals surface area contributed by atoms with E-state index < -0.39 is 5.97 Å². The van der Waals surface area contributed by atoms with E-state index in [0.29, 0.717) is 0 Å². The number of thiophene rings is 1. The van der Waals surface area contributed by atoms with Crippen LogP contribution in [0.15, 0.2) is 30.3 Å². The summed E-state index contributed by atoms with van der Waals surface area (Å²) in [5.74, 6) is -1.11. The Kier molecular flexibility index (Phi) is 2.79. The maximum absolute atomic E-state index is 10.7. The maximum Gasteiger partial charge on any atom is 0.0815 e. The largest absolute Gasteiger partial charge is 0.544 e. The van der Waals surface area contributed by atoms with Crippen molar-refractivity contribution in [2.24, 2.45) is 0 Å². The van der Waals surface area contributed by atoms with Gasteiger partial charge in [-0.15, -0.1) is 11.3 Å². The number of hydrogen-bond acceptors (Lipinski definition) is 3. The van der Waals surface area contributed by atoms with Crippen LogP contribution in [0, 0.1) is 13.8 Å². The van der Waals surface area contributed by atoms with E-state index in [2.05, 4.69) is 6.07 Å². The van der Waals surface area contributed by atoms with Gasteiger partial charge in [0.15, 0.2) is 0 Å². The third-order valence-corrected chi connectivity index (χ3v) is 3.55. The van der Waals surface area contributed by atoms with E-state index in [0.717, 1.165) is 16.0 Å². The zero-order valence-electron chi connectivity index (χ0n) is 9.11. The highest BCUT2D eigenvalue weighted by molar-refractivity contribution is 7.17. The molecular weight excluding hydrogens is 220 g/mol. The Bertz CT molecular complexity index is 541. The Balaban J connectivity index is 2.46. The van der Waals surface area contributed by atoms with Gasteiger partial charge in [0.1, 0.15) is 0 Å². The van der Waals surface area contributed by atoms with Crippen molar-refractivity contribution in [2.45, 2.75) is 13.8 Å². The van der Waals surface area contributed by atoms with Crippen molar-refractivity contribution in [3.63, 3.8) is 0 Å². The van der Waals surface area contributed by atoms with Crippen molar-refractivity contribution in [1.82, 2.24) is 0 Å². The molecule has 82 valence electrons. The molecule has 0 aliphatic heterocycles. The van der Waals surface area contributed by atoms with E-state index in [9.17, 15) is 9.90 Å². The Morgan fingerprint density at radius 2 is 1.94 bits per heavy atom. The van der Waals surface area contributed by atoms with Crippen molar-refractivity contribution >= 4 is 17.3 Å². The molecule has 0 aliphatic rings. The van der Waals surface area contributed by atoms with Crippen molar-refractivity contribution in [2.75, 3.05) is 0 Å². The highest BCUT2D eigenvalue weighted by atomic mass is 32.1. The smallest absolute Gasteiger partial charge is 0.0815 e. The minimum Gasteiger partial charge on any atom is -0.544 e. The van der Waals surface area contributed by atoms with Gasteiger partial charge in [-0.25, -0.2) is 0 Å². The van der Waals surface area contributed by atoms with E-state index >= 15 is 0 Å². The lowest BCUT2D eigenvalue weighted by Crippen LogP contribution is -2.20. The van der Waals surface area contributed by atoms with Gasteiger partial charge in [-0.3, -0.25) is 0 Å². The second kappa shape index (κ2) is 4.10. The quantitative estimate of drug-likeness (QED) is 0.796. The third-order valence-electron chi connectivity index (χ3n) is 2.45. The molecule has 16 heavy (non-hydrogen) atoms. The maximum atomic E-state index is 10.7. The van der Waals surface area contributed by atoms with Gasteiger partial charge in [0.2, 0.25) is 0 Å². The number of aryl methyl sites for hydroxylation is 2. The second-order valence-electron chi connectivity index (χ2n) is 3.77. The summed E-state index contributed by atoms with van der Waals surface area (Å²) in [6.45, 7) is 4.07. The average molecular weight is 231 g/mol. The Morgan fingerprint density at radius 1 is 1.19 bits per heavy atom. The summed E-state index contributed by atoms with van der Waals surface area (Å²) in [6, 6.07) is 9.56. The van der Waals surface area contributed by atoms with Gasteiger partial charge in [0, 0.05) is 4.88 Å². The van der Waals surface area contributed by atoms with Gasteiger partial charge < -0.3 is 9.90 Å². The summed E-state index contributed by atoms with van der Waals surface area (Å²) in [4.78, 5) is 11.9. The highest BCUT2D eigenvalue weighted by Crippen LogP contribution is 2.30. The highest BCUT2D eigenvalue weighted by Gasteiger charge is 2.06. The molecule has 1 heterocycles. The summed E-state index contributed by atoms with van der Waals surface area (Å²) >= 11 is 1.25. The normalized spacial score (nSPS) is 10.4. The SMILES string of the molecule is Cc1ccc(-c2ccc(C(=O)[O-])s2)c(C)c1. The third kappa shape index (κ3) is 1.99. The van der Waals surface area contributed by atoms with Crippen molar-refractivity contribution in [1.29, 1.82) is 0 Å². The van der Waals surface area contributed by atoms with Crippen LogP contribution in [0.4, 0.5) is 0 Å². The monoisotopic (exact) mass is 231 g/mol.